The molecule has 7 heteroatoms. The fraction of sp³-hybridized carbons (Fsp3) is 0.333. The molecule has 0 aliphatic heterocycles. The number of rotatable bonds is 4. The minimum Gasteiger partial charge on any atom is -0.476 e. The topological polar surface area (TPSA) is 85.8 Å². The van der Waals surface area contributed by atoms with Crippen molar-refractivity contribution in [3.63, 3.8) is 0 Å². The van der Waals surface area contributed by atoms with Gasteiger partial charge in [0.2, 0.25) is 0 Å². The van der Waals surface area contributed by atoms with Crippen LogP contribution in [-0.4, -0.2) is 35.6 Å². The van der Waals surface area contributed by atoms with Crippen LogP contribution in [0.3, 0.4) is 0 Å². The number of aromatic carboxylic acids is 1. The fourth-order valence-corrected chi connectivity index (χ4v) is 1.40. The number of aryl methyl sites for hydroxylation is 2. The van der Waals surface area contributed by atoms with E-state index >= 15 is 0 Å². The lowest BCUT2D eigenvalue weighted by molar-refractivity contribution is 0.0689. The number of hydrogen-bond acceptors (Lipinski definition) is 4. The van der Waals surface area contributed by atoms with Gasteiger partial charge >= 0.3 is 5.97 Å². The van der Waals surface area contributed by atoms with Gasteiger partial charge in [0.1, 0.15) is 0 Å². The van der Waals surface area contributed by atoms with Gasteiger partial charge < -0.3 is 9.67 Å². The number of hydrogen-bond donors (Lipinski definition) is 1. The van der Waals surface area contributed by atoms with Crippen molar-refractivity contribution in [3.05, 3.63) is 30.1 Å². The molecule has 0 atom stereocenters. The average Bonchev–Trinajstić information content (AvgIpc) is 2.84. The van der Waals surface area contributed by atoms with Crippen molar-refractivity contribution in [2.75, 3.05) is 0 Å². The van der Waals surface area contributed by atoms with Gasteiger partial charge in [0.05, 0.1) is 18.6 Å². The highest BCUT2D eigenvalue weighted by molar-refractivity contribution is 5.86. The molecule has 0 fully saturated rings. The molecule has 0 spiro atoms. The van der Waals surface area contributed by atoms with Gasteiger partial charge in [-0.3, -0.25) is 0 Å². The Morgan fingerprint density at radius 1 is 1.50 bits per heavy atom. The quantitative estimate of drug-likeness (QED) is 0.796. The Hall–Kier alpha value is -2.18. The van der Waals surface area contributed by atoms with Gasteiger partial charge in [-0.25, -0.2) is 14.5 Å². The fourth-order valence-electron chi connectivity index (χ4n) is 1.40. The molecule has 84 valence electrons. The van der Waals surface area contributed by atoms with Crippen molar-refractivity contribution in [2.24, 2.45) is 0 Å². The summed E-state index contributed by atoms with van der Waals surface area (Å²) < 4.78 is 3.46. The molecule has 0 aliphatic carbocycles. The highest BCUT2D eigenvalue weighted by Crippen LogP contribution is 2.03. The smallest absolute Gasteiger partial charge is 0.358 e. The van der Waals surface area contributed by atoms with Crippen molar-refractivity contribution in [1.82, 2.24) is 24.5 Å². The third-order valence-electron chi connectivity index (χ3n) is 2.31. The maximum Gasteiger partial charge on any atom is 0.358 e. The van der Waals surface area contributed by atoms with Crippen LogP contribution in [0.2, 0.25) is 0 Å². The van der Waals surface area contributed by atoms with Gasteiger partial charge in [-0.1, -0.05) is 5.21 Å². The summed E-state index contributed by atoms with van der Waals surface area (Å²) in [4.78, 5) is 14.7. The Morgan fingerprint density at radius 3 is 2.88 bits per heavy atom. The number of carbonyl (C=O) groups is 1. The van der Waals surface area contributed by atoms with E-state index < -0.39 is 5.97 Å². The molecule has 0 aromatic carbocycles. The standard InChI is InChI=1S/C9H11N5O2/c1-7-8(9(15)16)11-12-14(7)5-4-13-3-2-10-6-13/h2-3,6H,4-5H2,1H3,(H,15,16). The van der Waals surface area contributed by atoms with E-state index in [-0.39, 0.29) is 5.69 Å². The summed E-state index contributed by atoms with van der Waals surface area (Å²) in [7, 11) is 0. The number of imidazole rings is 1. The predicted octanol–water partition coefficient (Wildman–Crippen LogP) is 0.181. The van der Waals surface area contributed by atoms with Crippen LogP contribution < -0.4 is 0 Å². The molecule has 2 aromatic rings. The van der Waals surface area contributed by atoms with Crippen LogP contribution in [0.25, 0.3) is 0 Å². The molecule has 16 heavy (non-hydrogen) atoms. The molecule has 2 aromatic heterocycles. The lowest BCUT2D eigenvalue weighted by Crippen LogP contribution is -2.09. The van der Waals surface area contributed by atoms with Crippen LogP contribution in [0.1, 0.15) is 16.2 Å². The van der Waals surface area contributed by atoms with E-state index in [2.05, 4.69) is 15.3 Å². The predicted molar refractivity (Wildman–Crippen MR) is 53.9 cm³/mol. The zero-order chi connectivity index (χ0) is 11.5. The first-order valence-corrected chi connectivity index (χ1v) is 4.77. The Bertz CT molecular complexity index is 488. The van der Waals surface area contributed by atoms with Crippen LogP contribution >= 0.6 is 0 Å². The molecular formula is C9H11N5O2. The first-order valence-electron chi connectivity index (χ1n) is 4.77. The van der Waals surface area contributed by atoms with Crippen molar-refractivity contribution >= 4 is 5.97 Å². The van der Waals surface area contributed by atoms with E-state index in [0.29, 0.717) is 18.8 Å². The number of carboxylic acids is 1. The van der Waals surface area contributed by atoms with Crippen molar-refractivity contribution in [2.45, 2.75) is 20.0 Å². The molecular weight excluding hydrogens is 210 g/mol. The second-order valence-corrected chi connectivity index (χ2v) is 3.35. The van der Waals surface area contributed by atoms with E-state index in [1.54, 1.807) is 24.1 Å². The number of carboxylic acid groups (broad SMARTS) is 1. The molecule has 2 rings (SSSR count). The molecule has 0 saturated heterocycles. The average molecular weight is 221 g/mol. The largest absolute Gasteiger partial charge is 0.476 e. The maximum atomic E-state index is 10.7. The zero-order valence-electron chi connectivity index (χ0n) is 8.74. The van der Waals surface area contributed by atoms with Gasteiger partial charge in [-0.2, -0.15) is 0 Å². The van der Waals surface area contributed by atoms with E-state index in [0.717, 1.165) is 0 Å². The minimum atomic E-state index is -1.05. The molecule has 0 unspecified atom stereocenters. The number of nitrogens with zero attached hydrogens (tertiary/aromatic N) is 5. The summed E-state index contributed by atoms with van der Waals surface area (Å²) in [5, 5.41) is 16.2. The van der Waals surface area contributed by atoms with Crippen LogP contribution in [0, 0.1) is 6.92 Å². The molecule has 1 N–H and O–H groups in total. The monoisotopic (exact) mass is 221 g/mol. The zero-order valence-corrected chi connectivity index (χ0v) is 8.74. The van der Waals surface area contributed by atoms with Crippen molar-refractivity contribution < 1.29 is 9.90 Å². The Balaban J connectivity index is 2.08. The molecule has 7 nitrogen and oxygen atoms in total. The van der Waals surface area contributed by atoms with Crippen LogP contribution in [0.15, 0.2) is 18.7 Å². The van der Waals surface area contributed by atoms with Crippen molar-refractivity contribution in [1.29, 1.82) is 0 Å². The molecule has 0 radical (unpaired) electrons. The van der Waals surface area contributed by atoms with Gasteiger partial charge in [-0.15, -0.1) is 5.10 Å². The van der Waals surface area contributed by atoms with Gasteiger partial charge in [0.25, 0.3) is 0 Å². The van der Waals surface area contributed by atoms with Gasteiger partial charge in [-0.05, 0) is 6.92 Å². The summed E-state index contributed by atoms with van der Waals surface area (Å²) in [6, 6.07) is 0. The lowest BCUT2D eigenvalue weighted by atomic mass is 10.3. The lowest BCUT2D eigenvalue weighted by Gasteiger charge is -2.03. The highest BCUT2D eigenvalue weighted by atomic mass is 16.4. The Morgan fingerprint density at radius 2 is 2.31 bits per heavy atom. The van der Waals surface area contributed by atoms with E-state index in [9.17, 15) is 4.79 Å². The second-order valence-electron chi connectivity index (χ2n) is 3.35. The summed E-state index contributed by atoms with van der Waals surface area (Å²) in [6.45, 7) is 2.95. The number of aromatic nitrogens is 5. The second kappa shape index (κ2) is 4.13. The molecule has 0 amide bonds. The van der Waals surface area contributed by atoms with Crippen LogP contribution in [-0.2, 0) is 13.1 Å². The summed E-state index contributed by atoms with van der Waals surface area (Å²) >= 11 is 0. The molecule has 0 saturated carbocycles. The summed E-state index contributed by atoms with van der Waals surface area (Å²) in [6.07, 6.45) is 5.23. The van der Waals surface area contributed by atoms with E-state index in [4.69, 9.17) is 5.11 Å². The molecule has 0 bridgehead atoms. The van der Waals surface area contributed by atoms with E-state index in [1.807, 2.05) is 10.8 Å². The first kappa shape index (κ1) is 10.3. The van der Waals surface area contributed by atoms with Crippen LogP contribution in [0.4, 0.5) is 0 Å². The molecule has 2 heterocycles. The van der Waals surface area contributed by atoms with E-state index in [1.165, 1.54) is 0 Å². The minimum absolute atomic E-state index is 0.00521. The summed E-state index contributed by atoms with van der Waals surface area (Å²) in [5.41, 5.74) is 0.568. The third-order valence-corrected chi connectivity index (χ3v) is 2.31. The van der Waals surface area contributed by atoms with Gasteiger partial charge in [0.15, 0.2) is 5.69 Å². The maximum absolute atomic E-state index is 10.7. The molecule has 0 aliphatic rings. The summed E-state index contributed by atoms with van der Waals surface area (Å²) in [5.74, 6) is -1.05. The Kier molecular flexibility index (Phi) is 2.67. The van der Waals surface area contributed by atoms with Gasteiger partial charge in [0, 0.05) is 18.9 Å². The van der Waals surface area contributed by atoms with Crippen LogP contribution in [0.5, 0.6) is 0 Å². The first-order chi connectivity index (χ1) is 7.68. The SMILES string of the molecule is Cc1c(C(=O)O)nnn1CCn1ccnc1. The normalized spacial score (nSPS) is 10.6. The highest BCUT2D eigenvalue weighted by Gasteiger charge is 2.14. The Labute approximate surface area is 91.3 Å². The van der Waals surface area contributed by atoms with Crippen molar-refractivity contribution in [3.8, 4) is 0 Å². The third kappa shape index (κ3) is 1.92.